The summed E-state index contributed by atoms with van der Waals surface area (Å²) in [7, 11) is 0. The van der Waals surface area contributed by atoms with E-state index in [-0.39, 0.29) is 0 Å². The van der Waals surface area contributed by atoms with Gasteiger partial charge in [0.15, 0.2) is 5.82 Å². The first-order valence-electron chi connectivity index (χ1n) is 8.22. The lowest BCUT2D eigenvalue weighted by molar-refractivity contribution is 0.0674. The molecule has 1 aromatic rings. The van der Waals surface area contributed by atoms with Crippen LogP contribution in [-0.2, 0) is 13.1 Å². The fourth-order valence-electron chi connectivity index (χ4n) is 3.53. The Morgan fingerprint density at radius 3 is 2.48 bits per heavy atom. The smallest absolute Gasteiger partial charge is 0.240 e. The summed E-state index contributed by atoms with van der Waals surface area (Å²) in [6.07, 6.45) is 5.56. The molecule has 1 aliphatic heterocycles. The van der Waals surface area contributed by atoms with Crippen LogP contribution in [0.1, 0.15) is 44.3 Å². The Kier molecular flexibility index (Phi) is 4.87. The fraction of sp³-hybridized carbons (Fsp3) is 0.867. The lowest BCUT2D eigenvalue weighted by Crippen LogP contribution is -2.50. The third-order valence-corrected chi connectivity index (χ3v) is 4.96. The topological polar surface area (TPSA) is 71.4 Å². The molecule has 0 aromatic carbocycles. The molecule has 6 heteroatoms. The van der Waals surface area contributed by atoms with Crippen molar-refractivity contribution < 1.29 is 4.52 Å². The predicted octanol–water partition coefficient (Wildman–Crippen LogP) is 1.22. The highest BCUT2D eigenvalue weighted by molar-refractivity contribution is 4.88. The van der Waals surface area contributed by atoms with Crippen LogP contribution in [0.3, 0.4) is 0 Å². The molecule has 6 nitrogen and oxygen atoms in total. The molecule has 3 rings (SSSR count). The summed E-state index contributed by atoms with van der Waals surface area (Å²) in [6, 6.07) is 0.817. The minimum Gasteiger partial charge on any atom is -0.338 e. The molecule has 1 aromatic heterocycles. The summed E-state index contributed by atoms with van der Waals surface area (Å²) in [4.78, 5) is 9.38. The van der Waals surface area contributed by atoms with Crippen molar-refractivity contribution in [1.29, 1.82) is 0 Å². The molecule has 1 aliphatic carbocycles. The van der Waals surface area contributed by atoms with Gasteiger partial charge in [0, 0.05) is 32.2 Å². The molecule has 2 N–H and O–H groups in total. The van der Waals surface area contributed by atoms with E-state index >= 15 is 0 Å². The van der Waals surface area contributed by atoms with Gasteiger partial charge in [-0.2, -0.15) is 4.98 Å². The highest BCUT2D eigenvalue weighted by atomic mass is 16.5. The molecule has 0 atom stereocenters. The van der Waals surface area contributed by atoms with E-state index in [1.54, 1.807) is 0 Å². The van der Waals surface area contributed by atoms with Gasteiger partial charge in [-0.3, -0.25) is 9.80 Å². The van der Waals surface area contributed by atoms with Crippen LogP contribution in [0, 0.1) is 5.92 Å². The second-order valence-electron chi connectivity index (χ2n) is 6.53. The van der Waals surface area contributed by atoms with Crippen molar-refractivity contribution in [3.63, 3.8) is 0 Å². The third kappa shape index (κ3) is 3.81. The van der Waals surface area contributed by atoms with Gasteiger partial charge in [0.2, 0.25) is 5.89 Å². The molecule has 0 unspecified atom stereocenters. The van der Waals surface area contributed by atoms with Crippen LogP contribution in [0.4, 0.5) is 0 Å². The second kappa shape index (κ2) is 6.85. The van der Waals surface area contributed by atoms with E-state index < -0.39 is 0 Å². The van der Waals surface area contributed by atoms with E-state index in [9.17, 15) is 0 Å². The molecule has 0 bridgehead atoms. The average Bonchev–Trinajstić information content (AvgIpc) is 2.97. The number of aromatic nitrogens is 2. The number of nitrogens with two attached hydrogens (primary N) is 1. The predicted molar refractivity (Wildman–Crippen MR) is 80.5 cm³/mol. The minimum absolute atomic E-state index is 0.320. The zero-order valence-electron chi connectivity index (χ0n) is 13.0. The van der Waals surface area contributed by atoms with E-state index in [1.807, 2.05) is 0 Å². The lowest BCUT2D eigenvalue weighted by atomic mass is 9.86. The van der Waals surface area contributed by atoms with Gasteiger partial charge in [-0.1, -0.05) is 12.1 Å². The van der Waals surface area contributed by atoms with Crippen LogP contribution in [0.5, 0.6) is 0 Å². The van der Waals surface area contributed by atoms with Crippen LogP contribution in [0.2, 0.25) is 0 Å². The Balaban J connectivity index is 1.44. The second-order valence-corrected chi connectivity index (χ2v) is 6.53. The van der Waals surface area contributed by atoms with E-state index in [4.69, 9.17) is 10.3 Å². The van der Waals surface area contributed by atoms with Gasteiger partial charge in [-0.25, -0.2) is 0 Å². The van der Waals surface area contributed by atoms with Crippen LogP contribution >= 0.6 is 0 Å². The van der Waals surface area contributed by atoms with Crippen molar-refractivity contribution in [2.45, 2.75) is 51.7 Å². The fourth-order valence-corrected chi connectivity index (χ4v) is 3.53. The standard InChI is InChI=1S/C15H27N5O/c1-12-2-4-13(5-3-12)20-8-6-19(7-9-20)11-14-17-15(10-16)21-18-14/h12-13H,2-11,16H2,1H3. The average molecular weight is 293 g/mol. The molecule has 0 spiro atoms. The van der Waals surface area contributed by atoms with Gasteiger partial charge in [-0.15, -0.1) is 0 Å². The molecule has 0 radical (unpaired) electrons. The highest BCUT2D eigenvalue weighted by Gasteiger charge is 2.27. The number of hydrogen-bond acceptors (Lipinski definition) is 6. The zero-order valence-corrected chi connectivity index (χ0v) is 13.0. The molecule has 118 valence electrons. The first-order valence-corrected chi connectivity index (χ1v) is 8.22. The number of hydrogen-bond donors (Lipinski definition) is 1. The molecule has 21 heavy (non-hydrogen) atoms. The van der Waals surface area contributed by atoms with Gasteiger partial charge in [-0.05, 0) is 31.6 Å². The summed E-state index contributed by atoms with van der Waals surface area (Å²) >= 11 is 0. The van der Waals surface area contributed by atoms with Crippen LogP contribution in [-0.4, -0.2) is 52.2 Å². The van der Waals surface area contributed by atoms with Gasteiger partial charge in [0.05, 0.1) is 13.1 Å². The maximum absolute atomic E-state index is 5.49. The van der Waals surface area contributed by atoms with Crippen molar-refractivity contribution in [3.8, 4) is 0 Å². The van der Waals surface area contributed by atoms with Gasteiger partial charge in [0.25, 0.3) is 0 Å². The maximum atomic E-state index is 5.49. The molecule has 2 heterocycles. The Labute approximate surface area is 126 Å². The molecule has 2 aliphatic rings. The van der Waals surface area contributed by atoms with Crippen LogP contribution < -0.4 is 5.73 Å². The van der Waals surface area contributed by atoms with Crippen molar-refractivity contribution in [3.05, 3.63) is 11.7 Å². The Morgan fingerprint density at radius 2 is 1.86 bits per heavy atom. The molecule has 1 saturated heterocycles. The van der Waals surface area contributed by atoms with E-state index in [1.165, 1.54) is 38.8 Å². The van der Waals surface area contributed by atoms with Crippen LogP contribution in [0.15, 0.2) is 4.52 Å². The summed E-state index contributed by atoms with van der Waals surface area (Å²) in [6.45, 7) is 8.01. The summed E-state index contributed by atoms with van der Waals surface area (Å²) in [5, 5.41) is 3.98. The molecule has 1 saturated carbocycles. The Morgan fingerprint density at radius 1 is 1.14 bits per heavy atom. The summed E-state index contributed by atoms with van der Waals surface area (Å²) in [5.74, 6) is 2.22. The zero-order chi connectivity index (χ0) is 14.7. The number of piperazine rings is 1. The van der Waals surface area contributed by atoms with Crippen LogP contribution in [0.25, 0.3) is 0 Å². The van der Waals surface area contributed by atoms with Crippen molar-refractivity contribution >= 4 is 0 Å². The maximum Gasteiger partial charge on any atom is 0.240 e. The van der Waals surface area contributed by atoms with Gasteiger partial charge in [0.1, 0.15) is 0 Å². The first kappa shape index (κ1) is 14.9. The summed E-state index contributed by atoms with van der Waals surface area (Å²) in [5.41, 5.74) is 5.49. The molecular formula is C15H27N5O. The third-order valence-electron chi connectivity index (χ3n) is 4.96. The lowest BCUT2D eigenvalue weighted by Gasteiger charge is -2.41. The molecule has 0 amide bonds. The van der Waals surface area contributed by atoms with Gasteiger partial charge < -0.3 is 10.3 Å². The largest absolute Gasteiger partial charge is 0.338 e. The molecular weight excluding hydrogens is 266 g/mol. The SMILES string of the molecule is CC1CCC(N2CCN(Cc3noc(CN)n3)CC2)CC1. The normalized spacial score (nSPS) is 28.9. The quantitative estimate of drug-likeness (QED) is 0.900. The first-order chi connectivity index (χ1) is 10.2. The Bertz CT molecular complexity index is 433. The Hall–Kier alpha value is -0.980. The highest BCUT2D eigenvalue weighted by Crippen LogP contribution is 2.27. The number of nitrogens with zero attached hydrogens (tertiary/aromatic N) is 4. The van der Waals surface area contributed by atoms with Gasteiger partial charge >= 0.3 is 0 Å². The van der Waals surface area contributed by atoms with Crippen molar-refractivity contribution in [2.24, 2.45) is 11.7 Å². The van der Waals surface area contributed by atoms with E-state index in [0.717, 1.165) is 37.4 Å². The summed E-state index contributed by atoms with van der Waals surface area (Å²) < 4.78 is 5.06. The van der Waals surface area contributed by atoms with E-state index in [2.05, 4.69) is 26.9 Å². The number of rotatable bonds is 4. The minimum atomic E-state index is 0.320. The molecule has 2 fully saturated rings. The van der Waals surface area contributed by atoms with Crippen molar-refractivity contribution in [2.75, 3.05) is 26.2 Å². The van der Waals surface area contributed by atoms with Crippen molar-refractivity contribution in [1.82, 2.24) is 19.9 Å². The van der Waals surface area contributed by atoms with E-state index in [0.29, 0.717) is 12.4 Å². The monoisotopic (exact) mass is 293 g/mol.